The first-order chi connectivity index (χ1) is 9.67. The molecule has 0 spiro atoms. The molecule has 0 rings (SSSR count). The van der Waals surface area contributed by atoms with E-state index in [1.54, 1.807) is 0 Å². The van der Waals surface area contributed by atoms with Crippen LogP contribution in [0.25, 0.3) is 5.53 Å². The van der Waals surface area contributed by atoms with E-state index in [0.29, 0.717) is 6.42 Å². The van der Waals surface area contributed by atoms with E-state index in [4.69, 9.17) is 10.3 Å². The van der Waals surface area contributed by atoms with Gasteiger partial charge in [-0.2, -0.15) is 0 Å². The number of esters is 1. The SMILES string of the molecule is CCCCCS(=O)(=O)C(=[N+]=[N-])C(=O)OC(C(C)C)C(C)C. The molecule has 7 heteroatoms. The van der Waals surface area contributed by atoms with Crippen molar-refractivity contribution in [2.24, 2.45) is 11.8 Å². The minimum absolute atomic E-state index is 0.0386. The van der Waals surface area contributed by atoms with E-state index in [9.17, 15) is 13.2 Å². The van der Waals surface area contributed by atoms with Gasteiger partial charge in [0.25, 0.3) is 9.84 Å². The second kappa shape index (κ2) is 8.95. The Morgan fingerprint density at radius 1 is 1.14 bits per heavy atom. The van der Waals surface area contributed by atoms with Crippen LogP contribution in [0.2, 0.25) is 0 Å². The summed E-state index contributed by atoms with van der Waals surface area (Å²) in [6.45, 7) is 9.46. The Bertz CT molecular complexity index is 483. The molecule has 0 saturated heterocycles. The Morgan fingerprint density at radius 3 is 2.05 bits per heavy atom. The Kier molecular flexibility index (Phi) is 8.44. The Morgan fingerprint density at radius 2 is 1.67 bits per heavy atom. The molecule has 0 bridgehead atoms. The van der Waals surface area contributed by atoms with E-state index < -0.39 is 27.0 Å². The molecule has 0 saturated carbocycles. The highest BCUT2D eigenvalue weighted by molar-refractivity contribution is 8.07. The fourth-order valence-electron chi connectivity index (χ4n) is 2.08. The number of nitrogens with zero attached hydrogens (tertiary/aromatic N) is 2. The molecule has 0 radical (unpaired) electrons. The zero-order valence-corrected chi connectivity index (χ0v) is 14.3. The number of hydrogen-bond acceptors (Lipinski definition) is 4. The summed E-state index contributed by atoms with van der Waals surface area (Å²) in [5.74, 6) is -1.22. The number of unbranched alkanes of at least 4 members (excludes halogenated alkanes) is 2. The van der Waals surface area contributed by atoms with Crippen molar-refractivity contribution < 1.29 is 22.7 Å². The quantitative estimate of drug-likeness (QED) is 0.180. The molecule has 0 fully saturated rings. The zero-order chi connectivity index (χ0) is 16.6. The van der Waals surface area contributed by atoms with E-state index in [2.05, 4.69) is 4.79 Å². The van der Waals surface area contributed by atoms with E-state index in [-0.39, 0.29) is 17.6 Å². The first-order valence-electron chi connectivity index (χ1n) is 7.33. The van der Waals surface area contributed by atoms with Gasteiger partial charge < -0.3 is 10.3 Å². The monoisotopic (exact) mass is 318 g/mol. The van der Waals surface area contributed by atoms with Gasteiger partial charge in [0.2, 0.25) is 0 Å². The lowest BCUT2D eigenvalue weighted by Crippen LogP contribution is -2.36. The van der Waals surface area contributed by atoms with Crippen molar-refractivity contribution in [2.75, 3.05) is 5.75 Å². The van der Waals surface area contributed by atoms with Crippen molar-refractivity contribution in [3.63, 3.8) is 0 Å². The summed E-state index contributed by atoms with van der Waals surface area (Å²) in [6, 6.07) is 0. The van der Waals surface area contributed by atoms with Crippen LogP contribution in [0.15, 0.2) is 0 Å². The van der Waals surface area contributed by atoms with Crippen LogP contribution < -0.4 is 0 Å². The highest BCUT2D eigenvalue weighted by Crippen LogP contribution is 2.17. The number of hydrogen-bond donors (Lipinski definition) is 0. The molecule has 0 aromatic heterocycles. The minimum Gasteiger partial charge on any atom is -0.452 e. The maximum absolute atomic E-state index is 12.0. The van der Waals surface area contributed by atoms with Gasteiger partial charge in [0.05, 0.1) is 5.75 Å². The second-order valence-corrected chi connectivity index (χ2v) is 7.81. The van der Waals surface area contributed by atoms with Crippen molar-refractivity contribution in [1.82, 2.24) is 0 Å². The summed E-state index contributed by atoms with van der Waals surface area (Å²) in [6.07, 6.45) is 1.57. The highest BCUT2D eigenvalue weighted by Gasteiger charge is 2.39. The van der Waals surface area contributed by atoms with Crippen LogP contribution >= 0.6 is 0 Å². The molecule has 0 amide bonds. The van der Waals surface area contributed by atoms with Crippen molar-refractivity contribution >= 4 is 20.9 Å². The highest BCUT2D eigenvalue weighted by atomic mass is 32.2. The lowest BCUT2D eigenvalue weighted by atomic mass is 9.96. The van der Waals surface area contributed by atoms with Gasteiger partial charge in [-0.3, -0.25) is 0 Å². The van der Waals surface area contributed by atoms with Gasteiger partial charge in [-0.1, -0.05) is 47.5 Å². The number of ether oxygens (including phenoxy) is 1. The number of carbonyl (C=O) groups excluding carboxylic acids is 1. The average Bonchev–Trinajstić information content (AvgIpc) is 2.35. The molecular formula is C14H26N2O4S. The smallest absolute Gasteiger partial charge is 0.452 e. The lowest BCUT2D eigenvalue weighted by Gasteiger charge is -2.23. The number of carbonyl (C=O) groups is 1. The lowest BCUT2D eigenvalue weighted by molar-refractivity contribution is -0.149. The zero-order valence-electron chi connectivity index (χ0n) is 13.5. The summed E-state index contributed by atoms with van der Waals surface area (Å²) < 4.78 is 29.2. The normalized spacial score (nSPS) is 11.8. The molecule has 0 aliphatic heterocycles. The summed E-state index contributed by atoms with van der Waals surface area (Å²) in [5.41, 5.74) is 8.89. The van der Waals surface area contributed by atoms with E-state index in [1.807, 2.05) is 34.6 Å². The van der Waals surface area contributed by atoms with Gasteiger partial charge in [0.15, 0.2) is 0 Å². The van der Waals surface area contributed by atoms with E-state index in [1.165, 1.54) is 0 Å². The van der Waals surface area contributed by atoms with Crippen LogP contribution in [0.1, 0.15) is 53.9 Å². The first kappa shape index (κ1) is 19.8. The molecule has 6 nitrogen and oxygen atoms in total. The Balaban J connectivity index is 5.04. The third kappa shape index (κ3) is 6.40. The third-order valence-electron chi connectivity index (χ3n) is 3.13. The van der Waals surface area contributed by atoms with E-state index >= 15 is 0 Å². The summed E-state index contributed by atoms with van der Waals surface area (Å²) >= 11 is 0. The Hall–Kier alpha value is -1.20. The number of rotatable bonds is 7. The van der Waals surface area contributed by atoms with Crippen LogP contribution in [0.3, 0.4) is 0 Å². The van der Waals surface area contributed by atoms with Crippen molar-refractivity contribution in [3.8, 4) is 0 Å². The molecule has 21 heavy (non-hydrogen) atoms. The third-order valence-corrected chi connectivity index (χ3v) is 4.80. The van der Waals surface area contributed by atoms with Gasteiger partial charge in [0, 0.05) is 0 Å². The predicted octanol–water partition coefficient (Wildman–Crippen LogP) is 2.44. The molecule has 0 aromatic carbocycles. The molecule has 0 aliphatic rings. The summed E-state index contributed by atoms with van der Waals surface area (Å²) in [7, 11) is -3.92. The molecule has 0 aliphatic carbocycles. The van der Waals surface area contributed by atoms with Gasteiger partial charge in [-0.15, -0.1) is 4.79 Å². The fourth-order valence-corrected chi connectivity index (χ4v) is 3.29. The van der Waals surface area contributed by atoms with Gasteiger partial charge in [-0.05, 0) is 18.3 Å². The molecule has 0 unspecified atom stereocenters. The average molecular weight is 318 g/mol. The molecule has 0 heterocycles. The molecule has 0 atom stereocenters. The van der Waals surface area contributed by atoms with Crippen molar-refractivity contribution in [1.29, 1.82) is 0 Å². The van der Waals surface area contributed by atoms with E-state index in [0.717, 1.165) is 12.8 Å². The molecule has 0 aromatic rings. The maximum atomic E-state index is 12.0. The van der Waals surface area contributed by atoms with Crippen LogP contribution in [-0.2, 0) is 19.4 Å². The topological polar surface area (TPSA) is 96.8 Å². The summed E-state index contributed by atoms with van der Waals surface area (Å²) in [4.78, 5) is 14.6. The van der Waals surface area contributed by atoms with Crippen molar-refractivity contribution in [2.45, 2.75) is 60.0 Å². The van der Waals surface area contributed by atoms with Gasteiger partial charge in [0.1, 0.15) is 6.10 Å². The van der Waals surface area contributed by atoms with Gasteiger partial charge >= 0.3 is 11.0 Å². The van der Waals surface area contributed by atoms with Gasteiger partial charge in [-0.25, -0.2) is 13.2 Å². The van der Waals surface area contributed by atoms with Crippen LogP contribution in [0.5, 0.6) is 0 Å². The Labute approximate surface area is 127 Å². The predicted molar refractivity (Wildman–Crippen MR) is 81.5 cm³/mol. The van der Waals surface area contributed by atoms with Crippen molar-refractivity contribution in [3.05, 3.63) is 5.53 Å². The first-order valence-corrected chi connectivity index (χ1v) is 8.98. The molecular weight excluding hydrogens is 292 g/mol. The number of sulfone groups is 1. The standard InChI is InChI=1S/C14H26N2O4S/c1-6-7-8-9-21(18,19)13(16-15)14(17)20-12(10(2)3)11(4)5/h10-12H,6-9H2,1-5H3. The maximum Gasteiger partial charge on any atom is 0.488 e. The second-order valence-electron chi connectivity index (χ2n) is 5.79. The van der Waals surface area contributed by atoms with Crippen LogP contribution in [0, 0.1) is 11.8 Å². The van der Waals surface area contributed by atoms with Crippen LogP contribution in [0.4, 0.5) is 0 Å². The molecule has 122 valence electrons. The fraction of sp³-hybridized carbons (Fsp3) is 0.857. The largest absolute Gasteiger partial charge is 0.488 e. The van der Waals surface area contributed by atoms with Crippen LogP contribution in [-0.4, -0.2) is 36.1 Å². The molecule has 0 N–H and O–H groups in total. The summed E-state index contributed by atoms with van der Waals surface area (Å²) in [5, 5.41) is -0.898. The minimum atomic E-state index is -3.92.